The van der Waals surface area contributed by atoms with Crippen molar-refractivity contribution in [2.45, 2.75) is 6.92 Å². The second-order valence-electron chi connectivity index (χ2n) is 9.22. The van der Waals surface area contributed by atoms with E-state index in [9.17, 15) is 4.79 Å². The van der Waals surface area contributed by atoms with Crippen LogP contribution in [0.25, 0.3) is 33.9 Å². The largest absolute Gasteiger partial charge is 0.382 e. The summed E-state index contributed by atoms with van der Waals surface area (Å²) in [5, 5.41) is 11.1. The Bertz CT molecular complexity index is 1840. The first-order valence-corrected chi connectivity index (χ1v) is 13.6. The van der Waals surface area contributed by atoms with Gasteiger partial charge < -0.3 is 5.73 Å². The van der Waals surface area contributed by atoms with Gasteiger partial charge in [-0.3, -0.25) is 9.36 Å². The number of hydrogen-bond donors (Lipinski definition) is 2. The van der Waals surface area contributed by atoms with E-state index in [2.05, 4.69) is 46.8 Å². The number of rotatable bonds is 6. The predicted octanol–water partition coefficient (Wildman–Crippen LogP) is 6.19. The summed E-state index contributed by atoms with van der Waals surface area (Å²) in [6, 6.07) is 37.5. The minimum atomic E-state index is -0.441. The molecule has 0 aliphatic carbocycles. The minimum Gasteiger partial charge on any atom is -0.382 e. The quantitative estimate of drug-likeness (QED) is 0.246. The maximum Gasteiger partial charge on any atom is 0.277 e. The molecule has 40 heavy (non-hydrogen) atoms. The SMILES string of the molecule is Cc1ccc(-c2cs/c(=N/NC(=O)c3c(N)nn(-c4ccccc4)c3-c3ccccc3)n2-c2ccccc2)cc1. The molecule has 6 rings (SSSR count). The van der Waals surface area contributed by atoms with Crippen LogP contribution in [0.4, 0.5) is 5.82 Å². The van der Waals surface area contributed by atoms with Gasteiger partial charge in [0.05, 0.1) is 17.1 Å². The van der Waals surface area contributed by atoms with Crippen LogP contribution in [0.15, 0.2) is 126 Å². The maximum atomic E-state index is 13.7. The summed E-state index contributed by atoms with van der Waals surface area (Å²) >= 11 is 1.44. The molecule has 1 amide bonds. The van der Waals surface area contributed by atoms with E-state index < -0.39 is 5.91 Å². The highest BCUT2D eigenvalue weighted by molar-refractivity contribution is 7.07. The van der Waals surface area contributed by atoms with Crippen molar-refractivity contribution >= 4 is 23.1 Å². The number of nitrogens with two attached hydrogens (primary N) is 1. The Balaban J connectivity index is 1.44. The van der Waals surface area contributed by atoms with Gasteiger partial charge in [0, 0.05) is 16.6 Å². The van der Waals surface area contributed by atoms with E-state index in [4.69, 9.17) is 5.73 Å². The summed E-state index contributed by atoms with van der Waals surface area (Å²) in [4.78, 5) is 14.3. The lowest BCUT2D eigenvalue weighted by Crippen LogP contribution is -2.25. The van der Waals surface area contributed by atoms with E-state index in [0.29, 0.717) is 10.5 Å². The first-order valence-electron chi connectivity index (χ1n) is 12.8. The van der Waals surface area contributed by atoms with Crippen molar-refractivity contribution in [3.8, 4) is 33.9 Å². The Kier molecular flexibility index (Phi) is 6.82. The number of anilines is 1. The molecule has 0 atom stereocenters. The number of amides is 1. The Hall–Kier alpha value is -5.21. The lowest BCUT2D eigenvalue weighted by molar-refractivity contribution is 0.0954. The fraction of sp³-hybridized carbons (Fsp3) is 0.0312. The Morgan fingerprint density at radius 1 is 0.800 bits per heavy atom. The number of nitrogens with zero attached hydrogens (tertiary/aromatic N) is 4. The molecule has 196 valence electrons. The first kappa shape index (κ1) is 25.1. The first-order chi connectivity index (χ1) is 19.6. The van der Waals surface area contributed by atoms with E-state index in [0.717, 1.165) is 28.2 Å². The standard InChI is InChI=1S/C32H26N6OS/c1-22-17-19-23(20-18-22)27-21-40-32(37(27)25-13-7-3-8-14-25)35-34-31(39)28-29(24-11-5-2-6-12-24)38(36-30(28)33)26-15-9-4-10-16-26/h2-21H,1H3,(H2,33,36)(H,34,39)/b35-32+. The summed E-state index contributed by atoms with van der Waals surface area (Å²) < 4.78 is 3.73. The number of para-hydroxylation sites is 2. The number of hydrogen-bond acceptors (Lipinski definition) is 5. The number of carbonyl (C=O) groups excluding carboxylic acids is 1. The second-order valence-corrected chi connectivity index (χ2v) is 10.1. The average molecular weight is 543 g/mol. The van der Waals surface area contributed by atoms with E-state index >= 15 is 0 Å². The summed E-state index contributed by atoms with van der Waals surface area (Å²) in [7, 11) is 0. The van der Waals surface area contributed by atoms with Crippen LogP contribution < -0.4 is 16.0 Å². The van der Waals surface area contributed by atoms with E-state index in [1.54, 1.807) is 4.68 Å². The molecule has 0 saturated carbocycles. The van der Waals surface area contributed by atoms with Gasteiger partial charge in [0.25, 0.3) is 5.91 Å². The van der Waals surface area contributed by atoms with Gasteiger partial charge in [-0.15, -0.1) is 21.5 Å². The molecule has 0 aliphatic rings. The Morgan fingerprint density at radius 3 is 2.05 bits per heavy atom. The van der Waals surface area contributed by atoms with Crippen LogP contribution in [0.2, 0.25) is 0 Å². The number of aryl methyl sites for hydroxylation is 1. The van der Waals surface area contributed by atoms with Crippen LogP contribution in [-0.4, -0.2) is 20.3 Å². The molecule has 2 aromatic heterocycles. The van der Waals surface area contributed by atoms with Crippen molar-refractivity contribution in [2.75, 3.05) is 5.73 Å². The molecule has 0 fully saturated rings. The van der Waals surface area contributed by atoms with Crippen LogP contribution >= 0.6 is 11.3 Å². The monoisotopic (exact) mass is 542 g/mol. The van der Waals surface area contributed by atoms with Crippen LogP contribution in [0.3, 0.4) is 0 Å². The Labute approximate surface area is 235 Å². The smallest absolute Gasteiger partial charge is 0.277 e. The van der Waals surface area contributed by atoms with Crippen LogP contribution in [0.1, 0.15) is 15.9 Å². The molecule has 0 saturated heterocycles. The molecule has 2 heterocycles. The van der Waals surface area contributed by atoms with Gasteiger partial charge in [-0.1, -0.05) is 96.6 Å². The zero-order valence-corrected chi connectivity index (χ0v) is 22.5. The third kappa shape index (κ3) is 4.83. The van der Waals surface area contributed by atoms with Crippen molar-refractivity contribution < 1.29 is 4.79 Å². The Morgan fingerprint density at radius 2 is 1.40 bits per heavy atom. The number of aromatic nitrogens is 3. The van der Waals surface area contributed by atoms with Crippen molar-refractivity contribution in [1.29, 1.82) is 0 Å². The molecule has 6 aromatic rings. The summed E-state index contributed by atoms with van der Waals surface area (Å²) in [6.45, 7) is 2.06. The average Bonchev–Trinajstić information content (AvgIpc) is 3.59. The van der Waals surface area contributed by atoms with Gasteiger partial charge in [-0.2, -0.15) is 0 Å². The van der Waals surface area contributed by atoms with Crippen LogP contribution in [0.5, 0.6) is 0 Å². The number of nitrogen functional groups attached to an aromatic ring is 1. The third-order valence-electron chi connectivity index (χ3n) is 6.51. The van der Waals surface area contributed by atoms with E-state index in [-0.39, 0.29) is 11.4 Å². The number of thiazole rings is 1. The number of carbonyl (C=O) groups is 1. The zero-order valence-electron chi connectivity index (χ0n) is 21.7. The van der Waals surface area contributed by atoms with Gasteiger partial charge >= 0.3 is 0 Å². The highest BCUT2D eigenvalue weighted by Crippen LogP contribution is 2.30. The van der Waals surface area contributed by atoms with Gasteiger partial charge in [-0.05, 0) is 36.8 Å². The molecule has 0 aliphatic heterocycles. The molecular weight excluding hydrogens is 516 g/mol. The topological polar surface area (TPSA) is 90.2 Å². The normalized spacial score (nSPS) is 11.5. The van der Waals surface area contributed by atoms with Crippen molar-refractivity contribution in [2.24, 2.45) is 5.10 Å². The maximum absolute atomic E-state index is 13.7. The van der Waals surface area contributed by atoms with Gasteiger partial charge in [-0.25, -0.2) is 10.1 Å². The van der Waals surface area contributed by atoms with E-state index in [1.807, 2.05) is 101 Å². The van der Waals surface area contributed by atoms with Crippen LogP contribution in [0, 0.1) is 6.92 Å². The summed E-state index contributed by atoms with van der Waals surface area (Å²) in [6.07, 6.45) is 0. The summed E-state index contributed by atoms with van der Waals surface area (Å²) in [5.41, 5.74) is 15.8. The molecule has 3 N–H and O–H groups in total. The predicted molar refractivity (Wildman–Crippen MR) is 160 cm³/mol. The lowest BCUT2D eigenvalue weighted by atomic mass is 10.1. The summed E-state index contributed by atoms with van der Waals surface area (Å²) in [5.74, 6) is -0.318. The molecule has 0 bridgehead atoms. The molecule has 7 nitrogen and oxygen atoms in total. The van der Waals surface area contributed by atoms with Gasteiger partial charge in [0.2, 0.25) is 4.80 Å². The highest BCUT2D eigenvalue weighted by atomic mass is 32.1. The van der Waals surface area contributed by atoms with Gasteiger partial charge in [0.15, 0.2) is 5.82 Å². The fourth-order valence-electron chi connectivity index (χ4n) is 4.57. The molecule has 0 unspecified atom stereocenters. The van der Waals surface area contributed by atoms with E-state index in [1.165, 1.54) is 16.9 Å². The van der Waals surface area contributed by atoms with Crippen molar-refractivity contribution in [3.05, 3.63) is 137 Å². The van der Waals surface area contributed by atoms with Gasteiger partial charge in [0.1, 0.15) is 5.56 Å². The van der Waals surface area contributed by atoms with Crippen LogP contribution in [-0.2, 0) is 0 Å². The second kappa shape index (κ2) is 10.9. The van der Waals surface area contributed by atoms with Crippen molar-refractivity contribution in [1.82, 2.24) is 19.8 Å². The third-order valence-corrected chi connectivity index (χ3v) is 7.34. The molecular formula is C32H26N6OS. The lowest BCUT2D eigenvalue weighted by Gasteiger charge is -2.10. The number of nitrogens with one attached hydrogen (secondary N) is 1. The zero-order chi connectivity index (χ0) is 27.5. The molecule has 0 radical (unpaired) electrons. The minimum absolute atomic E-state index is 0.123. The number of benzene rings is 4. The molecule has 0 spiro atoms. The fourth-order valence-corrected chi connectivity index (χ4v) is 5.44. The highest BCUT2D eigenvalue weighted by Gasteiger charge is 2.24. The molecule has 8 heteroatoms. The van der Waals surface area contributed by atoms with Crippen molar-refractivity contribution in [3.63, 3.8) is 0 Å². The molecule has 4 aromatic carbocycles.